The maximum atomic E-state index is 6.46. The van der Waals surface area contributed by atoms with Gasteiger partial charge in [-0.15, -0.1) is 0 Å². The Morgan fingerprint density at radius 1 is 1.13 bits per heavy atom. The summed E-state index contributed by atoms with van der Waals surface area (Å²) >= 11 is 0. The Hall–Kier alpha value is -2.93. The number of anilines is 1. The summed E-state index contributed by atoms with van der Waals surface area (Å²) in [4.78, 5) is 14.0. The normalized spacial score (nSPS) is 23.8. The molecule has 4 atom stereocenters. The first-order valence-corrected chi connectivity index (χ1v) is 11.1. The van der Waals surface area contributed by atoms with Crippen LogP contribution < -0.4 is 5.32 Å². The zero-order valence-corrected chi connectivity index (χ0v) is 18.8. The van der Waals surface area contributed by atoms with E-state index in [2.05, 4.69) is 67.7 Å². The van der Waals surface area contributed by atoms with Crippen molar-refractivity contribution in [3.63, 3.8) is 0 Å². The Morgan fingerprint density at radius 3 is 2.71 bits per heavy atom. The fraction of sp³-hybridized carbons (Fsp3) is 0.458. The summed E-state index contributed by atoms with van der Waals surface area (Å²) in [7, 11) is 0. The first-order chi connectivity index (χ1) is 15.0. The summed E-state index contributed by atoms with van der Waals surface area (Å²) in [5, 5.41) is 3.51. The highest BCUT2D eigenvalue weighted by atomic mass is 16.5. The van der Waals surface area contributed by atoms with E-state index in [1.165, 1.54) is 16.7 Å². The molecule has 0 aliphatic carbocycles. The van der Waals surface area contributed by atoms with Crippen LogP contribution in [0.1, 0.15) is 50.1 Å². The fourth-order valence-corrected chi connectivity index (χ4v) is 4.80. The molecular weight excluding hydrogens is 388 g/mol. The van der Waals surface area contributed by atoms with Gasteiger partial charge in [-0.05, 0) is 37.3 Å². The molecule has 31 heavy (non-hydrogen) atoms. The molecule has 4 unspecified atom stereocenters. The second-order valence-corrected chi connectivity index (χ2v) is 8.86. The highest BCUT2D eigenvalue weighted by Crippen LogP contribution is 2.41. The summed E-state index contributed by atoms with van der Waals surface area (Å²) in [6, 6.07) is 6.52. The predicted molar refractivity (Wildman–Crippen MR) is 122 cm³/mol. The summed E-state index contributed by atoms with van der Waals surface area (Å²) in [6.07, 6.45) is 6.84. The van der Waals surface area contributed by atoms with Gasteiger partial charge < -0.3 is 10.1 Å². The van der Waals surface area contributed by atoms with Crippen LogP contribution in [-0.4, -0.2) is 30.0 Å². The van der Waals surface area contributed by atoms with Crippen LogP contribution in [0, 0.1) is 25.7 Å². The van der Waals surface area contributed by atoms with Crippen LogP contribution >= 0.6 is 0 Å². The molecule has 1 N–H and O–H groups in total. The summed E-state index contributed by atoms with van der Waals surface area (Å²) in [5.41, 5.74) is 5.58. The number of hydrogen-bond donors (Lipinski definition) is 1. The first kappa shape index (κ1) is 20.0. The Morgan fingerprint density at radius 2 is 1.97 bits per heavy atom. The van der Waals surface area contributed by atoms with Crippen LogP contribution in [0.25, 0.3) is 16.9 Å². The van der Waals surface area contributed by atoms with Crippen molar-refractivity contribution in [1.82, 2.24) is 23.9 Å². The molecule has 7 heteroatoms. The highest BCUT2D eigenvalue weighted by molar-refractivity contribution is 5.85. The molecule has 0 radical (unpaired) electrons. The third-order valence-electron chi connectivity index (χ3n) is 6.85. The molecule has 4 aromatic rings. The van der Waals surface area contributed by atoms with Crippen LogP contribution in [0.3, 0.4) is 0 Å². The van der Waals surface area contributed by atoms with E-state index in [-0.39, 0.29) is 12.3 Å². The van der Waals surface area contributed by atoms with Gasteiger partial charge in [-0.2, -0.15) is 4.98 Å². The van der Waals surface area contributed by atoms with Crippen LogP contribution in [0.2, 0.25) is 0 Å². The molecule has 162 valence electrons. The van der Waals surface area contributed by atoms with E-state index in [4.69, 9.17) is 14.7 Å². The molecule has 0 saturated carbocycles. The second-order valence-electron chi connectivity index (χ2n) is 8.86. The van der Waals surface area contributed by atoms with Crippen molar-refractivity contribution in [3.05, 3.63) is 53.6 Å². The number of nitrogens with one attached hydrogen (secondary N) is 1. The fourth-order valence-electron chi connectivity index (χ4n) is 4.80. The molecular formula is C24H30N6O. The number of fused-ring (bicyclic) bond motifs is 3. The van der Waals surface area contributed by atoms with Gasteiger partial charge in [0.25, 0.3) is 0 Å². The smallest absolute Gasteiger partial charge is 0.237 e. The number of aromatic nitrogens is 5. The zero-order valence-electron chi connectivity index (χ0n) is 18.8. The van der Waals surface area contributed by atoms with Gasteiger partial charge in [0.15, 0.2) is 11.5 Å². The molecule has 0 spiro atoms. The Labute approximate surface area is 182 Å². The third-order valence-corrected chi connectivity index (χ3v) is 6.85. The number of imidazole rings is 2. The minimum atomic E-state index is -0.0508. The van der Waals surface area contributed by atoms with Gasteiger partial charge in [-0.25, -0.2) is 9.97 Å². The summed E-state index contributed by atoms with van der Waals surface area (Å²) in [6.45, 7) is 11.7. The number of ether oxygens (including phenoxy) is 1. The number of rotatable bonds is 5. The SMILES string of the molecule is CCC1OC(n2cnc3c(NCc4ccc(C)cc4C)nc4nccn4c32)C(C)C1C. The second kappa shape index (κ2) is 7.64. The summed E-state index contributed by atoms with van der Waals surface area (Å²) < 4.78 is 10.6. The lowest BCUT2D eigenvalue weighted by Crippen LogP contribution is -2.16. The molecule has 7 nitrogen and oxygen atoms in total. The Balaban J connectivity index is 1.56. The maximum Gasteiger partial charge on any atom is 0.237 e. The van der Waals surface area contributed by atoms with Crippen molar-refractivity contribution >= 4 is 22.8 Å². The van der Waals surface area contributed by atoms with Crippen LogP contribution in [-0.2, 0) is 11.3 Å². The van der Waals surface area contributed by atoms with Gasteiger partial charge in [-0.3, -0.25) is 8.97 Å². The van der Waals surface area contributed by atoms with Gasteiger partial charge in [0.2, 0.25) is 5.78 Å². The third kappa shape index (κ3) is 3.28. The molecule has 1 aromatic carbocycles. The molecule has 1 fully saturated rings. The first-order valence-electron chi connectivity index (χ1n) is 11.1. The van der Waals surface area contributed by atoms with E-state index in [1.54, 1.807) is 6.20 Å². The van der Waals surface area contributed by atoms with Crippen LogP contribution in [0.5, 0.6) is 0 Å². The van der Waals surface area contributed by atoms with Gasteiger partial charge in [0.1, 0.15) is 11.7 Å². The molecule has 0 bridgehead atoms. The molecule has 5 rings (SSSR count). The van der Waals surface area contributed by atoms with Gasteiger partial charge in [0.05, 0.1) is 12.4 Å². The van der Waals surface area contributed by atoms with Gasteiger partial charge >= 0.3 is 0 Å². The zero-order chi connectivity index (χ0) is 21.7. The molecule has 1 aliphatic heterocycles. The average molecular weight is 419 g/mol. The highest BCUT2D eigenvalue weighted by Gasteiger charge is 2.40. The molecule has 1 aliphatic rings. The monoisotopic (exact) mass is 418 g/mol. The molecule has 3 aromatic heterocycles. The Kier molecular flexibility index (Phi) is 4.93. The standard InChI is InChI=1S/C24H30N6O/c1-6-19-16(4)17(5)23(31-19)30-13-27-20-21(28-24-25-9-10-29(24)22(20)30)26-12-18-8-7-14(2)11-15(18)3/h7-11,13,16-17,19,23H,6,12H2,1-5H3,(H,25,26,28). The van der Waals surface area contributed by atoms with Crippen molar-refractivity contribution in [2.24, 2.45) is 11.8 Å². The topological polar surface area (TPSA) is 69.3 Å². The van der Waals surface area contributed by atoms with E-state index in [0.717, 1.165) is 23.4 Å². The maximum absolute atomic E-state index is 6.46. The molecule has 0 amide bonds. The van der Waals surface area contributed by atoms with Crippen molar-refractivity contribution in [2.45, 2.75) is 59.9 Å². The predicted octanol–water partition coefficient (Wildman–Crippen LogP) is 4.89. The van der Waals surface area contributed by atoms with Crippen molar-refractivity contribution < 1.29 is 4.74 Å². The van der Waals surface area contributed by atoms with E-state index in [9.17, 15) is 0 Å². The number of nitrogens with zero attached hydrogens (tertiary/aromatic N) is 5. The van der Waals surface area contributed by atoms with Crippen LogP contribution in [0.15, 0.2) is 36.9 Å². The van der Waals surface area contributed by atoms with E-state index in [1.807, 2.05) is 16.9 Å². The Bertz CT molecular complexity index is 1240. The number of benzene rings is 1. The minimum Gasteiger partial charge on any atom is -0.364 e. The van der Waals surface area contributed by atoms with Crippen molar-refractivity contribution in [2.75, 3.05) is 5.32 Å². The van der Waals surface area contributed by atoms with Crippen LogP contribution in [0.4, 0.5) is 5.82 Å². The molecule has 1 saturated heterocycles. The lowest BCUT2D eigenvalue weighted by Gasteiger charge is -2.19. The van der Waals surface area contributed by atoms with E-state index < -0.39 is 0 Å². The lowest BCUT2D eigenvalue weighted by atomic mass is 9.91. The minimum absolute atomic E-state index is 0.0508. The lowest BCUT2D eigenvalue weighted by molar-refractivity contribution is -0.0120. The van der Waals surface area contributed by atoms with E-state index in [0.29, 0.717) is 24.2 Å². The average Bonchev–Trinajstić information content (AvgIpc) is 3.45. The summed E-state index contributed by atoms with van der Waals surface area (Å²) in [5.74, 6) is 2.29. The van der Waals surface area contributed by atoms with Gasteiger partial charge in [-0.1, -0.05) is 44.5 Å². The molecule has 4 heterocycles. The quantitative estimate of drug-likeness (QED) is 0.500. The van der Waals surface area contributed by atoms with Gasteiger partial charge in [0, 0.05) is 24.9 Å². The van der Waals surface area contributed by atoms with E-state index >= 15 is 0 Å². The number of hydrogen-bond acceptors (Lipinski definition) is 5. The van der Waals surface area contributed by atoms with Crippen molar-refractivity contribution in [1.29, 1.82) is 0 Å². The number of aryl methyl sites for hydroxylation is 2. The largest absolute Gasteiger partial charge is 0.364 e. The van der Waals surface area contributed by atoms with Crippen molar-refractivity contribution in [3.8, 4) is 0 Å².